The predicted molar refractivity (Wildman–Crippen MR) is 153 cm³/mol. The second kappa shape index (κ2) is 13.6. The van der Waals surface area contributed by atoms with Crippen LogP contribution in [0.4, 0.5) is 0 Å². The van der Waals surface area contributed by atoms with Gasteiger partial charge in [0.2, 0.25) is 0 Å². The summed E-state index contributed by atoms with van der Waals surface area (Å²) in [5.41, 5.74) is 4.77. The molecule has 0 atom stereocenters. The van der Waals surface area contributed by atoms with Gasteiger partial charge in [-0.05, 0) is 83.2 Å². The summed E-state index contributed by atoms with van der Waals surface area (Å²) >= 11 is 1.82. The molecule has 0 unspecified atom stereocenters. The number of hydrogen-bond acceptors (Lipinski definition) is 2. The van der Waals surface area contributed by atoms with Crippen molar-refractivity contribution in [3.8, 4) is 17.1 Å². The lowest BCUT2D eigenvalue weighted by molar-refractivity contribution is 0.415. The Morgan fingerprint density at radius 1 is 0.886 bits per heavy atom. The number of aryl methyl sites for hydroxylation is 1. The topological polar surface area (TPSA) is 20.5 Å². The van der Waals surface area contributed by atoms with Crippen molar-refractivity contribution in [1.82, 2.24) is 0 Å². The molecule has 2 nitrogen and oxygen atoms in total. The molecule has 1 aromatic carbocycles. The zero-order chi connectivity index (χ0) is 25.0. The lowest BCUT2D eigenvalue weighted by Gasteiger charge is -2.08. The average Bonchev–Trinajstić information content (AvgIpc) is 2.84. The van der Waals surface area contributed by atoms with Gasteiger partial charge in [-0.2, -0.15) is 0 Å². The number of ether oxygens (including phenoxy) is 1. The smallest absolute Gasteiger partial charge is 0.360 e. The van der Waals surface area contributed by atoms with E-state index in [0.29, 0.717) is 0 Å². The third-order valence-corrected chi connectivity index (χ3v) is 6.26. The van der Waals surface area contributed by atoms with Crippen molar-refractivity contribution in [3.63, 3.8) is 0 Å². The Morgan fingerprint density at radius 3 is 2.20 bits per heavy atom. The summed E-state index contributed by atoms with van der Waals surface area (Å²) in [5, 5.41) is 0. The first-order valence-electron chi connectivity index (χ1n) is 12.0. The van der Waals surface area contributed by atoms with Gasteiger partial charge in [0, 0.05) is 6.07 Å². The Labute approximate surface area is 214 Å². The standard InChI is InChI=1S/C32H35O2S/c1-6-13-28(15-12-10-8-7-9-11-14-27-21-25(3)35-26(4)22-27)30-20-24(2)34-32(23-30)29-16-18-31(33-5)19-17-29/h7-12,14-23H,6,13H2,1-5H3/q+1/b8-7+,11-9+,12-10+,28-15+. The Kier molecular flexibility index (Phi) is 10.2. The van der Waals surface area contributed by atoms with E-state index in [1.54, 1.807) is 7.11 Å². The summed E-state index contributed by atoms with van der Waals surface area (Å²) in [7, 11) is 1.68. The number of methoxy groups -OCH3 is 1. The van der Waals surface area contributed by atoms with Crippen molar-refractivity contribution >= 4 is 17.3 Å². The van der Waals surface area contributed by atoms with Gasteiger partial charge in [-0.15, -0.1) is 0 Å². The van der Waals surface area contributed by atoms with Crippen LogP contribution in [0, 0.1) is 6.92 Å². The molecule has 0 fully saturated rings. The zero-order valence-electron chi connectivity index (χ0n) is 21.4. The third-order valence-electron chi connectivity index (χ3n) is 5.38. The summed E-state index contributed by atoms with van der Waals surface area (Å²) in [6, 6.07) is 12.2. The van der Waals surface area contributed by atoms with Crippen molar-refractivity contribution in [3.05, 3.63) is 124 Å². The van der Waals surface area contributed by atoms with Crippen LogP contribution in [0.3, 0.4) is 0 Å². The van der Waals surface area contributed by atoms with Crippen LogP contribution in [0.25, 0.3) is 16.9 Å². The zero-order valence-corrected chi connectivity index (χ0v) is 22.2. The minimum absolute atomic E-state index is 0.838. The van der Waals surface area contributed by atoms with Gasteiger partial charge in [0.25, 0.3) is 0 Å². The van der Waals surface area contributed by atoms with Crippen LogP contribution in [0.15, 0.2) is 117 Å². The first kappa shape index (κ1) is 26.3. The summed E-state index contributed by atoms with van der Waals surface area (Å²) < 4.78 is 11.3. The normalized spacial score (nSPS) is 14.7. The van der Waals surface area contributed by atoms with Gasteiger partial charge in [0.15, 0.2) is 0 Å². The summed E-state index contributed by atoms with van der Waals surface area (Å²) in [6.07, 6.45) is 23.3. The first-order valence-corrected chi connectivity index (χ1v) is 12.8. The minimum atomic E-state index is 0.838. The van der Waals surface area contributed by atoms with Gasteiger partial charge in [-0.25, -0.2) is 4.42 Å². The maximum Gasteiger partial charge on any atom is 0.360 e. The molecule has 0 N–H and O–H groups in total. The molecule has 0 spiro atoms. The monoisotopic (exact) mass is 483 g/mol. The number of rotatable bonds is 9. The maximum atomic E-state index is 6.02. The fraction of sp³-hybridized carbons (Fsp3) is 0.219. The van der Waals surface area contributed by atoms with Crippen LogP contribution in [-0.4, -0.2) is 7.11 Å². The molecule has 180 valence electrons. The van der Waals surface area contributed by atoms with E-state index in [1.165, 1.54) is 26.5 Å². The van der Waals surface area contributed by atoms with E-state index < -0.39 is 0 Å². The third kappa shape index (κ3) is 8.45. The molecule has 1 aliphatic rings. The van der Waals surface area contributed by atoms with Crippen molar-refractivity contribution in [2.24, 2.45) is 0 Å². The van der Waals surface area contributed by atoms with E-state index in [4.69, 9.17) is 9.15 Å². The number of thioether (sulfide) groups is 1. The van der Waals surface area contributed by atoms with Gasteiger partial charge in [0.1, 0.15) is 5.75 Å². The van der Waals surface area contributed by atoms with Gasteiger partial charge < -0.3 is 4.74 Å². The molecule has 0 saturated carbocycles. The molecule has 0 radical (unpaired) electrons. The molecule has 3 rings (SSSR count). The second-order valence-corrected chi connectivity index (χ2v) is 9.92. The molecule has 0 aliphatic carbocycles. The predicted octanol–water partition coefficient (Wildman–Crippen LogP) is 9.88. The molecule has 2 heterocycles. The highest BCUT2D eigenvalue weighted by Gasteiger charge is 2.17. The number of hydrogen-bond donors (Lipinski definition) is 0. The van der Waals surface area contributed by atoms with Gasteiger partial charge in [-0.1, -0.05) is 73.7 Å². The highest BCUT2D eigenvalue weighted by Crippen LogP contribution is 2.31. The Hall–Kier alpha value is -3.30. The lowest BCUT2D eigenvalue weighted by atomic mass is 9.99. The summed E-state index contributed by atoms with van der Waals surface area (Å²) in [6.45, 7) is 8.50. The molecule has 2 aromatic rings. The Bertz CT molecular complexity index is 1200. The minimum Gasteiger partial charge on any atom is -0.497 e. The van der Waals surface area contributed by atoms with Crippen LogP contribution in [0.1, 0.15) is 44.9 Å². The Morgan fingerprint density at radius 2 is 1.54 bits per heavy atom. The number of allylic oxidation sites excluding steroid dienone is 14. The highest BCUT2D eigenvalue weighted by atomic mass is 32.2. The number of benzene rings is 1. The second-order valence-electron chi connectivity index (χ2n) is 8.42. The van der Waals surface area contributed by atoms with Crippen LogP contribution in [-0.2, 0) is 0 Å². The SMILES string of the molecule is CCC\C(=C/C=C/C=C/C=C/C=C1C=C(C)SC(C)=C1)c1cc(C)[o+]c(-c2ccc(OC)cc2)c1. The quantitative estimate of drug-likeness (QED) is 0.261. The first-order chi connectivity index (χ1) is 17.0. The van der Waals surface area contributed by atoms with E-state index in [-0.39, 0.29) is 0 Å². The van der Waals surface area contributed by atoms with E-state index in [9.17, 15) is 0 Å². The molecule has 3 heteroatoms. The van der Waals surface area contributed by atoms with E-state index in [2.05, 4.69) is 93.7 Å². The average molecular weight is 484 g/mol. The van der Waals surface area contributed by atoms with Crippen molar-refractivity contribution in [2.45, 2.75) is 40.5 Å². The Balaban J connectivity index is 1.71. The molecule has 1 aliphatic heterocycles. The largest absolute Gasteiger partial charge is 0.497 e. The molecule has 1 aromatic heterocycles. The molecule has 35 heavy (non-hydrogen) atoms. The fourth-order valence-electron chi connectivity index (χ4n) is 3.83. The lowest BCUT2D eigenvalue weighted by Crippen LogP contribution is -1.89. The van der Waals surface area contributed by atoms with Gasteiger partial charge in [0.05, 0.1) is 25.7 Å². The van der Waals surface area contributed by atoms with Gasteiger partial charge in [-0.3, -0.25) is 0 Å². The maximum absolute atomic E-state index is 6.02. The van der Waals surface area contributed by atoms with Crippen LogP contribution in [0.5, 0.6) is 5.75 Å². The van der Waals surface area contributed by atoms with Crippen LogP contribution in [0.2, 0.25) is 0 Å². The summed E-state index contributed by atoms with van der Waals surface area (Å²) in [5.74, 6) is 2.59. The van der Waals surface area contributed by atoms with Crippen LogP contribution < -0.4 is 4.74 Å². The van der Waals surface area contributed by atoms with E-state index >= 15 is 0 Å². The van der Waals surface area contributed by atoms with Crippen LogP contribution >= 0.6 is 11.8 Å². The van der Waals surface area contributed by atoms with Crippen molar-refractivity contribution in [2.75, 3.05) is 7.11 Å². The van der Waals surface area contributed by atoms with Crippen molar-refractivity contribution in [1.29, 1.82) is 0 Å². The van der Waals surface area contributed by atoms with Crippen molar-refractivity contribution < 1.29 is 9.15 Å². The molecule has 0 saturated heterocycles. The fourth-order valence-corrected chi connectivity index (χ4v) is 4.72. The van der Waals surface area contributed by atoms with E-state index in [0.717, 1.165) is 35.7 Å². The molecule has 0 amide bonds. The van der Waals surface area contributed by atoms with Gasteiger partial charge >= 0.3 is 11.5 Å². The molecular formula is C32H35O2S+. The van der Waals surface area contributed by atoms with E-state index in [1.807, 2.05) is 43.0 Å². The molecule has 0 bridgehead atoms. The molecular weight excluding hydrogens is 448 g/mol. The summed E-state index contributed by atoms with van der Waals surface area (Å²) in [4.78, 5) is 2.66. The highest BCUT2D eigenvalue weighted by molar-refractivity contribution is 8.06.